The molecule has 2 heterocycles. The molecule has 0 aliphatic heterocycles. The van der Waals surface area contributed by atoms with Crippen molar-refractivity contribution in [2.45, 2.75) is 26.7 Å². The van der Waals surface area contributed by atoms with Crippen molar-refractivity contribution in [1.29, 1.82) is 0 Å². The van der Waals surface area contributed by atoms with Crippen LogP contribution >= 0.6 is 11.3 Å². The number of nitrogens with zero attached hydrogens (tertiary/aromatic N) is 4. The van der Waals surface area contributed by atoms with Crippen LogP contribution in [-0.4, -0.2) is 19.9 Å². The molecule has 0 spiro atoms. The Morgan fingerprint density at radius 1 is 1.19 bits per heavy atom. The molecule has 2 aromatic rings. The summed E-state index contributed by atoms with van der Waals surface area (Å²) in [6, 6.07) is 0. The number of nitrogens with two attached hydrogens (primary N) is 1. The van der Waals surface area contributed by atoms with E-state index in [0.717, 1.165) is 22.9 Å². The zero-order chi connectivity index (χ0) is 11.5. The lowest BCUT2D eigenvalue weighted by molar-refractivity contribution is 0.838. The van der Waals surface area contributed by atoms with Gasteiger partial charge in [-0.15, -0.1) is 11.3 Å². The molecular formula is C10H13N5S. The molecule has 2 aromatic heterocycles. The number of anilines is 1. The van der Waals surface area contributed by atoms with Gasteiger partial charge in [0.2, 0.25) is 5.95 Å². The molecule has 0 aromatic carbocycles. The summed E-state index contributed by atoms with van der Waals surface area (Å²) in [5, 5.41) is 3.06. The van der Waals surface area contributed by atoms with E-state index in [-0.39, 0.29) is 5.95 Å². The highest BCUT2D eigenvalue weighted by molar-refractivity contribution is 7.09. The van der Waals surface area contributed by atoms with E-state index >= 15 is 0 Å². The minimum Gasteiger partial charge on any atom is -0.368 e. The Labute approximate surface area is 97.8 Å². The molecule has 0 amide bonds. The fraction of sp³-hybridized carbons (Fsp3) is 0.400. The van der Waals surface area contributed by atoms with E-state index in [1.54, 1.807) is 11.3 Å². The van der Waals surface area contributed by atoms with Crippen LogP contribution in [-0.2, 0) is 12.8 Å². The van der Waals surface area contributed by atoms with E-state index in [1.165, 1.54) is 0 Å². The highest BCUT2D eigenvalue weighted by Crippen LogP contribution is 2.11. The SMILES string of the molecule is CCc1nc(N)nc(Cc2csc(C)n2)n1. The van der Waals surface area contributed by atoms with Crippen LogP contribution in [0.5, 0.6) is 0 Å². The maximum Gasteiger partial charge on any atom is 0.223 e. The van der Waals surface area contributed by atoms with Crippen LogP contribution in [0.15, 0.2) is 5.38 Å². The highest BCUT2D eigenvalue weighted by Gasteiger charge is 2.06. The van der Waals surface area contributed by atoms with Gasteiger partial charge in [-0.1, -0.05) is 6.92 Å². The van der Waals surface area contributed by atoms with Gasteiger partial charge < -0.3 is 5.73 Å². The summed E-state index contributed by atoms with van der Waals surface area (Å²) in [7, 11) is 0. The number of aryl methyl sites for hydroxylation is 2. The number of hydrogen-bond acceptors (Lipinski definition) is 6. The Balaban J connectivity index is 2.24. The molecule has 16 heavy (non-hydrogen) atoms. The minimum absolute atomic E-state index is 0.286. The molecule has 0 fully saturated rings. The topological polar surface area (TPSA) is 77.6 Å². The second-order valence-electron chi connectivity index (χ2n) is 3.41. The summed E-state index contributed by atoms with van der Waals surface area (Å²) < 4.78 is 0. The lowest BCUT2D eigenvalue weighted by Crippen LogP contribution is -2.07. The molecule has 0 saturated heterocycles. The van der Waals surface area contributed by atoms with Crippen molar-refractivity contribution in [1.82, 2.24) is 19.9 Å². The number of thiazole rings is 1. The Kier molecular flexibility index (Phi) is 3.09. The second-order valence-corrected chi connectivity index (χ2v) is 4.48. The van der Waals surface area contributed by atoms with E-state index in [1.807, 2.05) is 19.2 Å². The third kappa shape index (κ3) is 2.52. The molecular weight excluding hydrogens is 222 g/mol. The normalized spacial score (nSPS) is 10.6. The predicted molar refractivity (Wildman–Crippen MR) is 63.3 cm³/mol. The zero-order valence-corrected chi connectivity index (χ0v) is 10.1. The number of hydrogen-bond donors (Lipinski definition) is 1. The van der Waals surface area contributed by atoms with Crippen molar-refractivity contribution in [3.63, 3.8) is 0 Å². The Bertz CT molecular complexity index is 494. The molecule has 0 saturated carbocycles. The molecule has 0 bridgehead atoms. The maximum atomic E-state index is 5.61. The first-order chi connectivity index (χ1) is 7.67. The van der Waals surface area contributed by atoms with E-state index in [0.29, 0.717) is 12.2 Å². The standard InChI is InChI=1S/C10H13N5S/c1-3-8-13-9(15-10(11)14-8)4-7-5-16-6(2)12-7/h5H,3-4H2,1-2H3,(H2,11,13,14,15). The molecule has 0 atom stereocenters. The molecule has 6 heteroatoms. The van der Waals surface area contributed by atoms with Gasteiger partial charge in [-0.25, -0.2) is 9.97 Å². The number of aromatic nitrogens is 4. The van der Waals surface area contributed by atoms with Crippen LogP contribution in [0.4, 0.5) is 5.95 Å². The molecule has 2 rings (SSSR count). The van der Waals surface area contributed by atoms with E-state index in [2.05, 4.69) is 19.9 Å². The predicted octanol–water partition coefficient (Wildman–Crippen LogP) is 1.37. The van der Waals surface area contributed by atoms with Crippen molar-refractivity contribution in [3.8, 4) is 0 Å². The van der Waals surface area contributed by atoms with Gasteiger partial charge in [0.05, 0.1) is 17.1 Å². The van der Waals surface area contributed by atoms with Crippen LogP contribution in [0.25, 0.3) is 0 Å². The lowest BCUT2D eigenvalue weighted by atomic mass is 10.3. The van der Waals surface area contributed by atoms with Crippen molar-refractivity contribution >= 4 is 17.3 Å². The monoisotopic (exact) mass is 235 g/mol. The lowest BCUT2D eigenvalue weighted by Gasteiger charge is -2.01. The van der Waals surface area contributed by atoms with E-state index < -0.39 is 0 Å². The number of nitrogen functional groups attached to an aromatic ring is 1. The fourth-order valence-corrected chi connectivity index (χ4v) is 1.99. The Morgan fingerprint density at radius 2 is 1.94 bits per heavy atom. The molecule has 0 aliphatic carbocycles. The van der Waals surface area contributed by atoms with Crippen LogP contribution in [0.2, 0.25) is 0 Å². The third-order valence-corrected chi connectivity index (χ3v) is 2.89. The van der Waals surface area contributed by atoms with Gasteiger partial charge in [0.1, 0.15) is 11.6 Å². The summed E-state index contributed by atoms with van der Waals surface area (Å²) in [6.07, 6.45) is 1.37. The second kappa shape index (κ2) is 4.52. The zero-order valence-electron chi connectivity index (χ0n) is 9.27. The third-order valence-electron chi connectivity index (χ3n) is 2.07. The van der Waals surface area contributed by atoms with E-state index in [4.69, 9.17) is 5.73 Å². The fourth-order valence-electron chi connectivity index (χ4n) is 1.38. The average molecular weight is 235 g/mol. The highest BCUT2D eigenvalue weighted by atomic mass is 32.1. The van der Waals surface area contributed by atoms with Gasteiger partial charge in [-0.3, -0.25) is 0 Å². The van der Waals surface area contributed by atoms with Crippen molar-refractivity contribution in [2.24, 2.45) is 0 Å². The molecule has 2 N–H and O–H groups in total. The smallest absolute Gasteiger partial charge is 0.223 e. The van der Waals surface area contributed by atoms with Crippen LogP contribution < -0.4 is 5.73 Å². The Morgan fingerprint density at radius 3 is 2.56 bits per heavy atom. The Hall–Kier alpha value is -1.56. The van der Waals surface area contributed by atoms with Crippen molar-refractivity contribution < 1.29 is 0 Å². The van der Waals surface area contributed by atoms with Gasteiger partial charge in [-0.05, 0) is 6.92 Å². The van der Waals surface area contributed by atoms with Gasteiger partial charge >= 0.3 is 0 Å². The summed E-state index contributed by atoms with van der Waals surface area (Å²) in [5.74, 6) is 1.71. The molecule has 0 unspecified atom stereocenters. The summed E-state index contributed by atoms with van der Waals surface area (Å²) >= 11 is 1.62. The van der Waals surface area contributed by atoms with Crippen molar-refractivity contribution in [2.75, 3.05) is 5.73 Å². The first kappa shape index (κ1) is 10.9. The summed E-state index contributed by atoms with van der Waals surface area (Å²) in [4.78, 5) is 16.8. The molecule has 0 aliphatic rings. The first-order valence-corrected chi connectivity index (χ1v) is 5.95. The molecule has 0 radical (unpaired) electrons. The summed E-state index contributed by atoms with van der Waals surface area (Å²) in [6.45, 7) is 3.97. The van der Waals surface area contributed by atoms with Crippen molar-refractivity contribution in [3.05, 3.63) is 27.7 Å². The van der Waals surface area contributed by atoms with Gasteiger partial charge in [0, 0.05) is 11.8 Å². The summed E-state index contributed by atoms with van der Waals surface area (Å²) in [5.41, 5.74) is 6.60. The van der Waals surface area contributed by atoms with Crippen LogP contribution in [0, 0.1) is 6.92 Å². The molecule has 84 valence electrons. The quantitative estimate of drug-likeness (QED) is 0.869. The minimum atomic E-state index is 0.286. The van der Waals surface area contributed by atoms with Crippen LogP contribution in [0.3, 0.4) is 0 Å². The van der Waals surface area contributed by atoms with E-state index in [9.17, 15) is 0 Å². The first-order valence-electron chi connectivity index (χ1n) is 5.07. The van der Waals surface area contributed by atoms with Crippen LogP contribution in [0.1, 0.15) is 29.3 Å². The molecule has 5 nitrogen and oxygen atoms in total. The number of rotatable bonds is 3. The van der Waals surface area contributed by atoms with Gasteiger partial charge in [0.15, 0.2) is 0 Å². The largest absolute Gasteiger partial charge is 0.368 e. The average Bonchev–Trinajstić information content (AvgIpc) is 2.63. The van der Waals surface area contributed by atoms with Gasteiger partial charge in [-0.2, -0.15) is 9.97 Å². The van der Waals surface area contributed by atoms with Gasteiger partial charge in [0.25, 0.3) is 0 Å². The maximum absolute atomic E-state index is 5.61.